The normalized spacial score (nSPS) is 12.2. The molecule has 0 saturated carbocycles. The van der Waals surface area contributed by atoms with Gasteiger partial charge in [0.25, 0.3) is 0 Å². The molecule has 4 heteroatoms. The Bertz CT molecular complexity index is 344. The van der Waals surface area contributed by atoms with Crippen molar-refractivity contribution in [3.05, 3.63) is 48.0 Å². The monoisotopic (exact) mass is 258 g/mol. The third-order valence-electron chi connectivity index (χ3n) is 2.29. The van der Waals surface area contributed by atoms with Crippen LogP contribution in [0.3, 0.4) is 0 Å². The van der Waals surface area contributed by atoms with E-state index in [1.165, 1.54) is 0 Å². The maximum absolute atomic E-state index is 11.8. The van der Waals surface area contributed by atoms with Crippen LogP contribution in [-0.2, 0) is 11.3 Å². The van der Waals surface area contributed by atoms with E-state index in [0.29, 0.717) is 19.6 Å². The first-order valence-corrected chi connectivity index (χ1v) is 5.91. The van der Waals surface area contributed by atoms with Gasteiger partial charge in [0.2, 0.25) is 0 Å². The second-order valence-electron chi connectivity index (χ2n) is 3.97. The Labute approximate surface area is 105 Å². The molecule has 0 heterocycles. The molecule has 0 unspecified atom stereocenters. The minimum atomic E-state index is -4.10. The predicted molar refractivity (Wildman–Crippen MR) is 65.1 cm³/mol. The quantitative estimate of drug-likeness (QED) is 0.517. The van der Waals surface area contributed by atoms with Crippen molar-refractivity contribution >= 4 is 0 Å². The summed E-state index contributed by atoms with van der Waals surface area (Å²) in [4.78, 5) is 0. The van der Waals surface area contributed by atoms with Crippen LogP contribution in [0.4, 0.5) is 13.2 Å². The van der Waals surface area contributed by atoms with E-state index in [0.717, 1.165) is 18.1 Å². The number of hydrogen-bond acceptors (Lipinski definition) is 1. The van der Waals surface area contributed by atoms with E-state index in [-0.39, 0.29) is 0 Å². The Kier molecular flexibility index (Phi) is 6.50. The summed E-state index contributed by atoms with van der Waals surface area (Å²) in [6, 6.07) is 9.78. The van der Waals surface area contributed by atoms with Crippen LogP contribution in [0.5, 0.6) is 0 Å². The van der Waals surface area contributed by atoms with Crippen LogP contribution in [0.25, 0.3) is 0 Å². The van der Waals surface area contributed by atoms with Crippen LogP contribution in [0.1, 0.15) is 24.8 Å². The highest BCUT2D eigenvalue weighted by atomic mass is 19.4. The first-order chi connectivity index (χ1) is 8.58. The van der Waals surface area contributed by atoms with E-state index in [4.69, 9.17) is 4.74 Å². The van der Waals surface area contributed by atoms with Gasteiger partial charge in [-0.05, 0) is 18.4 Å². The van der Waals surface area contributed by atoms with E-state index >= 15 is 0 Å². The molecule has 0 N–H and O–H groups in total. The number of halogens is 3. The minimum absolute atomic E-state index is 0.549. The van der Waals surface area contributed by atoms with Gasteiger partial charge in [-0.25, -0.2) is 0 Å². The van der Waals surface area contributed by atoms with Gasteiger partial charge in [-0.1, -0.05) is 42.5 Å². The number of unbranched alkanes of at least 4 members (excludes halogenated alkanes) is 1. The Balaban J connectivity index is 1.99. The molecular weight excluding hydrogens is 241 g/mol. The molecule has 0 saturated heterocycles. The van der Waals surface area contributed by atoms with Crippen LogP contribution in [-0.4, -0.2) is 12.8 Å². The van der Waals surface area contributed by atoms with Gasteiger partial charge < -0.3 is 4.74 Å². The number of benzene rings is 1. The molecule has 0 aliphatic heterocycles. The SMILES string of the molecule is FC(F)(F)C/C=C/CCCOCc1ccccc1. The van der Waals surface area contributed by atoms with E-state index < -0.39 is 12.6 Å². The van der Waals surface area contributed by atoms with Crippen LogP contribution in [0, 0.1) is 0 Å². The van der Waals surface area contributed by atoms with Crippen molar-refractivity contribution in [2.45, 2.75) is 32.0 Å². The molecule has 1 aromatic carbocycles. The molecule has 0 aliphatic carbocycles. The molecule has 0 spiro atoms. The lowest BCUT2D eigenvalue weighted by atomic mass is 10.2. The molecular formula is C14H17F3O. The van der Waals surface area contributed by atoms with Crippen LogP contribution < -0.4 is 0 Å². The summed E-state index contributed by atoms with van der Waals surface area (Å²) < 4.78 is 40.8. The lowest BCUT2D eigenvalue weighted by molar-refractivity contribution is -0.125. The summed E-state index contributed by atoms with van der Waals surface area (Å²) in [5.74, 6) is 0. The maximum atomic E-state index is 11.8. The Morgan fingerprint density at radius 1 is 1.06 bits per heavy atom. The maximum Gasteiger partial charge on any atom is 0.392 e. The number of ether oxygens (including phenoxy) is 1. The third-order valence-corrected chi connectivity index (χ3v) is 2.29. The van der Waals surface area contributed by atoms with Gasteiger partial charge in [0, 0.05) is 6.61 Å². The largest absolute Gasteiger partial charge is 0.392 e. The Morgan fingerprint density at radius 2 is 1.78 bits per heavy atom. The fourth-order valence-electron chi connectivity index (χ4n) is 1.40. The fraction of sp³-hybridized carbons (Fsp3) is 0.429. The van der Waals surface area contributed by atoms with Crippen molar-refractivity contribution in [1.29, 1.82) is 0 Å². The first-order valence-electron chi connectivity index (χ1n) is 5.91. The van der Waals surface area contributed by atoms with Gasteiger partial charge in [0.05, 0.1) is 13.0 Å². The molecule has 1 aromatic rings. The van der Waals surface area contributed by atoms with E-state index in [1.807, 2.05) is 30.3 Å². The van der Waals surface area contributed by atoms with Gasteiger partial charge in [-0.15, -0.1) is 0 Å². The summed E-state index contributed by atoms with van der Waals surface area (Å²) in [5, 5.41) is 0. The summed E-state index contributed by atoms with van der Waals surface area (Å²) in [6.45, 7) is 1.11. The number of hydrogen-bond donors (Lipinski definition) is 0. The van der Waals surface area contributed by atoms with E-state index in [2.05, 4.69) is 0 Å². The molecule has 1 rings (SSSR count). The Morgan fingerprint density at radius 3 is 2.44 bits per heavy atom. The van der Waals surface area contributed by atoms with Gasteiger partial charge in [-0.2, -0.15) is 13.2 Å². The molecule has 18 heavy (non-hydrogen) atoms. The topological polar surface area (TPSA) is 9.23 Å². The van der Waals surface area contributed by atoms with Gasteiger partial charge >= 0.3 is 6.18 Å². The fourth-order valence-corrected chi connectivity index (χ4v) is 1.40. The summed E-state index contributed by atoms with van der Waals surface area (Å²) in [5.41, 5.74) is 1.10. The van der Waals surface area contributed by atoms with Crippen molar-refractivity contribution in [2.24, 2.45) is 0 Å². The van der Waals surface area contributed by atoms with Crippen molar-refractivity contribution in [3.63, 3.8) is 0 Å². The standard InChI is InChI=1S/C14H17F3O/c15-14(16,17)10-6-1-2-7-11-18-12-13-8-4-3-5-9-13/h1,3-6,8-9H,2,7,10-12H2/b6-1+. The molecule has 0 atom stereocenters. The third kappa shape index (κ3) is 7.90. The van der Waals surface area contributed by atoms with Crippen molar-refractivity contribution in [1.82, 2.24) is 0 Å². The smallest absolute Gasteiger partial charge is 0.377 e. The van der Waals surface area contributed by atoms with Gasteiger partial charge in [-0.3, -0.25) is 0 Å². The van der Waals surface area contributed by atoms with Crippen molar-refractivity contribution < 1.29 is 17.9 Å². The zero-order valence-corrected chi connectivity index (χ0v) is 10.1. The first kappa shape index (κ1) is 14.8. The second-order valence-corrected chi connectivity index (χ2v) is 3.97. The summed E-state index contributed by atoms with van der Waals surface area (Å²) >= 11 is 0. The molecule has 100 valence electrons. The van der Waals surface area contributed by atoms with Crippen LogP contribution in [0.2, 0.25) is 0 Å². The molecule has 0 aliphatic rings. The highest BCUT2D eigenvalue weighted by Crippen LogP contribution is 2.19. The average Bonchev–Trinajstić information content (AvgIpc) is 2.32. The van der Waals surface area contributed by atoms with E-state index in [9.17, 15) is 13.2 Å². The van der Waals surface area contributed by atoms with Crippen molar-refractivity contribution in [3.8, 4) is 0 Å². The zero-order valence-electron chi connectivity index (χ0n) is 10.1. The lowest BCUT2D eigenvalue weighted by Crippen LogP contribution is -2.04. The summed E-state index contributed by atoms with van der Waals surface area (Å²) in [6.07, 6.45) is -0.874. The lowest BCUT2D eigenvalue weighted by Gasteiger charge is -2.03. The highest BCUT2D eigenvalue weighted by Gasteiger charge is 2.24. The Hall–Kier alpha value is -1.29. The molecule has 0 radical (unpaired) electrons. The predicted octanol–water partition coefficient (Wildman–Crippen LogP) is 4.49. The minimum Gasteiger partial charge on any atom is -0.377 e. The molecule has 0 fully saturated rings. The van der Waals surface area contributed by atoms with Crippen LogP contribution in [0.15, 0.2) is 42.5 Å². The highest BCUT2D eigenvalue weighted by molar-refractivity contribution is 5.13. The summed E-state index contributed by atoms with van der Waals surface area (Å²) in [7, 11) is 0. The molecule has 1 nitrogen and oxygen atoms in total. The molecule has 0 amide bonds. The number of rotatable bonds is 7. The van der Waals surface area contributed by atoms with E-state index in [1.54, 1.807) is 6.08 Å². The average molecular weight is 258 g/mol. The molecule has 0 bridgehead atoms. The van der Waals surface area contributed by atoms with Crippen LogP contribution >= 0.6 is 0 Å². The number of alkyl halides is 3. The second kappa shape index (κ2) is 7.93. The molecule has 0 aromatic heterocycles. The van der Waals surface area contributed by atoms with Gasteiger partial charge in [0.15, 0.2) is 0 Å². The zero-order chi connectivity index (χ0) is 13.3. The van der Waals surface area contributed by atoms with Crippen molar-refractivity contribution in [2.75, 3.05) is 6.61 Å². The van der Waals surface area contributed by atoms with Gasteiger partial charge in [0.1, 0.15) is 0 Å². The number of allylic oxidation sites excluding steroid dienone is 2.